The molecule has 2 heterocycles. The fourth-order valence-corrected chi connectivity index (χ4v) is 4.67. The van der Waals surface area contributed by atoms with Crippen LogP contribution in [0.1, 0.15) is 30.5 Å². The molecule has 190 valence electrons. The van der Waals surface area contributed by atoms with E-state index in [1.807, 2.05) is 30.3 Å². The van der Waals surface area contributed by atoms with Crippen molar-refractivity contribution in [2.24, 2.45) is 0 Å². The maximum atomic E-state index is 13.2. The van der Waals surface area contributed by atoms with Crippen molar-refractivity contribution in [2.45, 2.75) is 18.9 Å². The number of benzene rings is 2. The van der Waals surface area contributed by atoms with Crippen LogP contribution in [-0.4, -0.2) is 57.7 Å². The Labute approximate surface area is 221 Å². The summed E-state index contributed by atoms with van der Waals surface area (Å²) in [6.45, 7) is 0.293. The number of halogens is 1. The van der Waals surface area contributed by atoms with Gasteiger partial charge in [-0.05, 0) is 58.3 Å². The maximum Gasteiger partial charge on any atom is 0.348 e. The summed E-state index contributed by atoms with van der Waals surface area (Å²) in [7, 11) is 1.28. The molecule has 0 spiro atoms. The summed E-state index contributed by atoms with van der Waals surface area (Å²) in [6.07, 6.45) is 2.23. The van der Waals surface area contributed by atoms with Gasteiger partial charge in [0.2, 0.25) is 5.91 Å². The number of nitrogens with zero attached hydrogens (tertiary/aromatic N) is 4. The zero-order valence-electron chi connectivity index (χ0n) is 19.8. The molecule has 0 radical (unpaired) electrons. The first kappa shape index (κ1) is 26.0. The molecule has 2 amide bonds. The number of ether oxygens (including phenoxy) is 1. The van der Waals surface area contributed by atoms with E-state index in [1.165, 1.54) is 30.3 Å². The normalized spacial score (nSPS) is 11.5. The number of amides is 2. The van der Waals surface area contributed by atoms with Crippen LogP contribution in [0, 0.1) is 0 Å². The Morgan fingerprint density at radius 2 is 1.86 bits per heavy atom. The number of rotatable bonds is 10. The van der Waals surface area contributed by atoms with Gasteiger partial charge in [-0.2, -0.15) is 0 Å². The van der Waals surface area contributed by atoms with Crippen molar-refractivity contribution in [3.8, 4) is 5.69 Å². The standard InChI is InChI=1S/C25H23ClN6O4S/c1-36-25(35)22-10-9-21(37-22)24(34)29-19(13-16-5-3-2-4-6-16)23(33)27-12-11-17-14-18(26)7-8-20(17)32-15-28-30-31-32/h2-10,14-15,19H,11-13H2,1H3,(H,27,33)(H,29,34)/t19-/m0/s1. The van der Waals surface area contributed by atoms with Crippen LogP contribution in [0.2, 0.25) is 5.02 Å². The van der Waals surface area contributed by atoms with Gasteiger partial charge >= 0.3 is 5.97 Å². The molecule has 4 rings (SSSR count). The van der Waals surface area contributed by atoms with Crippen molar-refractivity contribution >= 4 is 40.7 Å². The van der Waals surface area contributed by atoms with Gasteiger partial charge < -0.3 is 15.4 Å². The fraction of sp³-hybridized carbons (Fsp3) is 0.200. The van der Waals surface area contributed by atoms with Crippen LogP contribution in [0.5, 0.6) is 0 Å². The second-order valence-corrected chi connectivity index (χ2v) is 9.46. The Kier molecular flexibility index (Phi) is 8.60. The van der Waals surface area contributed by atoms with Gasteiger partial charge in [-0.15, -0.1) is 16.4 Å². The summed E-state index contributed by atoms with van der Waals surface area (Å²) in [5, 5.41) is 17.5. The van der Waals surface area contributed by atoms with E-state index in [1.54, 1.807) is 18.2 Å². The fourth-order valence-electron chi connectivity index (χ4n) is 3.65. The third kappa shape index (κ3) is 6.78. The topological polar surface area (TPSA) is 128 Å². The zero-order valence-corrected chi connectivity index (χ0v) is 21.3. The van der Waals surface area contributed by atoms with Gasteiger partial charge in [0, 0.05) is 18.0 Å². The largest absolute Gasteiger partial charge is 0.465 e. The molecule has 12 heteroatoms. The van der Waals surface area contributed by atoms with Crippen molar-refractivity contribution in [3.05, 3.63) is 92.9 Å². The monoisotopic (exact) mass is 538 g/mol. The highest BCUT2D eigenvalue weighted by Crippen LogP contribution is 2.20. The lowest BCUT2D eigenvalue weighted by Crippen LogP contribution is -2.48. The van der Waals surface area contributed by atoms with Crippen molar-refractivity contribution in [1.29, 1.82) is 0 Å². The van der Waals surface area contributed by atoms with Gasteiger partial charge in [-0.3, -0.25) is 9.59 Å². The Morgan fingerprint density at radius 3 is 2.59 bits per heavy atom. The number of carbonyl (C=O) groups excluding carboxylic acids is 3. The average Bonchev–Trinajstić information content (AvgIpc) is 3.61. The number of aromatic nitrogens is 4. The molecule has 10 nitrogen and oxygen atoms in total. The van der Waals surface area contributed by atoms with Crippen LogP contribution in [0.15, 0.2) is 67.0 Å². The van der Waals surface area contributed by atoms with Gasteiger partial charge in [-0.25, -0.2) is 9.48 Å². The van der Waals surface area contributed by atoms with E-state index < -0.39 is 17.9 Å². The minimum atomic E-state index is -0.836. The van der Waals surface area contributed by atoms with Crippen molar-refractivity contribution in [1.82, 2.24) is 30.8 Å². The highest BCUT2D eigenvalue weighted by Gasteiger charge is 2.23. The minimum Gasteiger partial charge on any atom is -0.465 e. The zero-order chi connectivity index (χ0) is 26.2. The summed E-state index contributed by atoms with van der Waals surface area (Å²) in [4.78, 5) is 38.5. The number of carbonyl (C=O) groups is 3. The molecule has 0 aliphatic rings. The number of hydrogen-bond acceptors (Lipinski definition) is 8. The van der Waals surface area contributed by atoms with Gasteiger partial charge in [0.15, 0.2) is 0 Å². The lowest BCUT2D eigenvalue weighted by atomic mass is 10.0. The average molecular weight is 539 g/mol. The van der Waals surface area contributed by atoms with Crippen LogP contribution in [-0.2, 0) is 22.4 Å². The minimum absolute atomic E-state index is 0.292. The van der Waals surface area contributed by atoms with E-state index in [0.29, 0.717) is 34.2 Å². The van der Waals surface area contributed by atoms with E-state index in [0.717, 1.165) is 28.2 Å². The molecule has 0 saturated heterocycles. The highest BCUT2D eigenvalue weighted by molar-refractivity contribution is 7.15. The number of thiophene rings is 1. The van der Waals surface area contributed by atoms with E-state index >= 15 is 0 Å². The van der Waals surface area contributed by atoms with E-state index in [-0.39, 0.29) is 5.91 Å². The first-order chi connectivity index (χ1) is 17.9. The molecule has 4 aromatic rings. The van der Waals surface area contributed by atoms with E-state index in [4.69, 9.17) is 16.3 Å². The van der Waals surface area contributed by atoms with Crippen LogP contribution in [0.4, 0.5) is 0 Å². The Morgan fingerprint density at radius 1 is 1.08 bits per heavy atom. The summed E-state index contributed by atoms with van der Waals surface area (Å²) in [5.41, 5.74) is 2.48. The molecule has 0 aliphatic carbocycles. The van der Waals surface area contributed by atoms with Crippen molar-refractivity contribution in [2.75, 3.05) is 13.7 Å². The van der Waals surface area contributed by atoms with Crippen LogP contribution >= 0.6 is 22.9 Å². The Bertz CT molecular complexity index is 1380. The quantitative estimate of drug-likeness (QED) is 0.297. The number of hydrogen-bond donors (Lipinski definition) is 2. The number of methoxy groups -OCH3 is 1. The molecule has 2 aromatic heterocycles. The molecule has 0 saturated carbocycles. The molecule has 0 unspecified atom stereocenters. The van der Waals surface area contributed by atoms with E-state index in [2.05, 4.69) is 26.2 Å². The highest BCUT2D eigenvalue weighted by atomic mass is 35.5. The number of tetrazole rings is 1. The van der Waals surface area contributed by atoms with E-state index in [9.17, 15) is 14.4 Å². The summed E-state index contributed by atoms with van der Waals surface area (Å²) >= 11 is 7.18. The molecule has 0 aliphatic heterocycles. The van der Waals surface area contributed by atoms with Gasteiger partial charge in [0.1, 0.15) is 17.2 Å². The predicted octanol–water partition coefficient (Wildman–Crippen LogP) is 2.86. The molecule has 0 fully saturated rings. The SMILES string of the molecule is COC(=O)c1ccc(C(=O)N[C@@H](Cc2ccccc2)C(=O)NCCc2cc(Cl)ccc2-n2cnnn2)s1. The third-order valence-electron chi connectivity index (χ3n) is 5.45. The molecule has 1 atom stereocenters. The van der Waals surface area contributed by atoms with Crippen molar-refractivity contribution in [3.63, 3.8) is 0 Å². The Balaban J connectivity index is 1.45. The molecular weight excluding hydrogens is 516 g/mol. The van der Waals surface area contributed by atoms with Crippen molar-refractivity contribution < 1.29 is 19.1 Å². The lowest BCUT2D eigenvalue weighted by molar-refractivity contribution is -0.122. The predicted molar refractivity (Wildman–Crippen MR) is 138 cm³/mol. The smallest absolute Gasteiger partial charge is 0.348 e. The molecule has 37 heavy (non-hydrogen) atoms. The van der Waals surface area contributed by atoms with Gasteiger partial charge in [-0.1, -0.05) is 41.9 Å². The third-order valence-corrected chi connectivity index (χ3v) is 6.75. The molecule has 0 bridgehead atoms. The molecular formula is C25H23ClN6O4S. The number of nitrogens with one attached hydrogen (secondary N) is 2. The number of esters is 1. The summed E-state index contributed by atoms with van der Waals surface area (Å²) < 4.78 is 6.23. The second kappa shape index (κ2) is 12.2. The lowest BCUT2D eigenvalue weighted by Gasteiger charge is -2.19. The summed E-state index contributed by atoms with van der Waals surface area (Å²) in [6, 6.07) is 16.9. The second-order valence-electron chi connectivity index (χ2n) is 7.94. The summed E-state index contributed by atoms with van der Waals surface area (Å²) in [5.74, 6) is -1.32. The van der Waals surface area contributed by atoms with Gasteiger partial charge in [0.25, 0.3) is 5.91 Å². The Hall–Kier alpha value is -4.09. The van der Waals surface area contributed by atoms with Crippen LogP contribution < -0.4 is 10.6 Å². The van der Waals surface area contributed by atoms with Gasteiger partial charge in [0.05, 0.1) is 17.7 Å². The molecule has 2 aromatic carbocycles. The maximum absolute atomic E-state index is 13.2. The molecule has 2 N–H and O–H groups in total. The first-order valence-corrected chi connectivity index (χ1v) is 12.5. The van der Waals surface area contributed by atoms with Crippen LogP contribution in [0.3, 0.4) is 0 Å². The first-order valence-electron chi connectivity index (χ1n) is 11.3. The van der Waals surface area contributed by atoms with Crippen LogP contribution in [0.25, 0.3) is 5.69 Å².